The first-order valence-electron chi connectivity index (χ1n) is 5.06. The van der Waals surface area contributed by atoms with E-state index >= 15 is 0 Å². The monoisotopic (exact) mass is 243 g/mol. The van der Waals surface area contributed by atoms with Crippen LogP contribution in [0.25, 0.3) is 0 Å². The lowest BCUT2D eigenvalue weighted by atomic mass is 9.77. The first-order valence-corrected chi connectivity index (χ1v) is 6.05. The smallest absolute Gasteiger partial charge is 0.319 e. The maximum absolute atomic E-state index is 12.0. The molecule has 1 unspecified atom stereocenters. The van der Waals surface area contributed by atoms with Crippen LogP contribution in [0.3, 0.4) is 0 Å². The van der Waals surface area contributed by atoms with Crippen LogP contribution in [0.5, 0.6) is 0 Å². The summed E-state index contributed by atoms with van der Waals surface area (Å²) in [5.41, 5.74) is -4.16. The van der Waals surface area contributed by atoms with E-state index in [4.69, 9.17) is 0 Å². The summed E-state index contributed by atoms with van der Waals surface area (Å²) in [6, 6.07) is 0. The van der Waals surface area contributed by atoms with Crippen molar-refractivity contribution in [2.75, 3.05) is 19.3 Å². The fourth-order valence-corrected chi connectivity index (χ4v) is 2.18. The quantitative estimate of drug-likeness (QED) is 0.766. The summed E-state index contributed by atoms with van der Waals surface area (Å²) in [5, 5.41) is 3.05. The second-order valence-electron chi connectivity index (χ2n) is 4.38. The maximum atomic E-state index is 12.0. The number of hydrogen-bond donors (Lipinski definition) is 1. The molecule has 0 saturated carbocycles. The van der Waals surface area contributed by atoms with Gasteiger partial charge in [-0.25, -0.2) is 0 Å². The Hall–Kier alpha value is 0.100. The third-order valence-electron chi connectivity index (χ3n) is 2.91. The molecule has 0 aliphatic heterocycles. The van der Waals surface area contributed by atoms with Crippen LogP contribution >= 0.6 is 11.8 Å². The molecule has 1 atom stereocenters. The van der Waals surface area contributed by atoms with Crippen molar-refractivity contribution >= 4 is 11.8 Å². The first kappa shape index (κ1) is 15.1. The topological polar surface area (TPSA) is 12.0 Å². The van der Waals surface area contributed by atoms with Gasteiger partial charge < -0.3 is 5.32 Å². The van der Waals surface area contributed by atoms with E-state index in [-0.39, 0.29) is 22.9 Å². The number of nitrogens with one attached hydrogen (secondary N) is 1. The molecule has 0 aliphatic carbocycles. The Morgan fingerprint density at radius 1 is 1.27 bits per heavy atom. The van der Waals surface area contributed by atoms with Crippen molar-refractivity contribution in [1.82, 2.24) is 5.32 Å². The highest BCUT2D eigenvalue weighted by atomic mass is 32.2. The molecule has 0 saturated heterocycles. The van der Waals surface area contributed by atoms with Gasteiger partial charge in [-0.1, -0.05) is 32.5 Å². The standard InChI is InChI=1S/C10H20F3NS/c1-8(2)9(3,7-14-4)5-6-15-10(11,12)13/h8,14H,5-7H2,1-4H3. The van der Waals surface area contributed by atoms with Crippen molar-refractivity contribution in [1.29, 1.82) is 0 Å². The molecule has 0 radical (unpaired) electrons. The molecule has 0 rings (SSSR count). The summed E-state index contributed by atoms with van der Waals surface area (Å²) in [5.74, 6) is 0.513. The zero-order chi connectivity index (χ0) is 12.1. The Kier molecular flexibility index (Phi) is 6.03. The highest BCUT2D eigenvalue weighted by Gasteiger charge is 2.32. The molecule has 5 heteroatoms. The van der Waals surface area contributed by atoms with Gasteiger partial charge in [0.1, 0.15) is 0 Å². The normalized spacial score (nSPS) is 16.8. The molecule has 0 aromatic heterocycles. The van der Waals surface area contributed by atoms with E-state index in [1.165, 1.54) is 0 Å². The van der Waals surface area contributed by atoms with Crippen molar-refractivity contribution < 1.29 is 13.2 Å². The highest BCUT2D eigenvalue weighted by molar-refractivity contribution is 8.00. The lowest BCUT2D eigenvalue weighted by molar-refractivity contribution is -0.0329. The van der Waals surface area contributed by atoms with Gasteiger partial charge in [-0.15, -0.1) is 0 Å². The van der Waals surface area contributed by atoms with Crippen LogP contribution in [0.15, 0.2) is 0 Å². The first-order chi connectivity index (χ1) is 6.71. The summed E-state index contributed by atoms with van der Waals surface area (Å²) < 4.78 is 35.9. The predicted octanol–water partition coefficient (Wildman–Crippen LogP) is 3.51. The summed E-state index contributed by atoms with van der Waals surface area (Å²) in [6.07, 6.45) is 0.579. The second kappa shape index (κ2) is 5.99. The largest absolute Gasteiger partial charge is 0.441 e. The minimum atomic E-state index is -4.10. The summed E-state index contributed by atoms with van der Waals surface area (Å²) in [4.78, 5) is 0. The molecule has 1 nitrogen and oxygen atoms in total. The van der Waals surface area contributed by atoms with Crippen molar-refractivity contribution in [2.24, 2.45) is 11.3 Å². The maximum Gasteiger partial charge on any atom is 0.441 e. The van der Waals surface area contributed by atoms with Crippen molar-refractivity contribution in [2.45, 2.75) is 32.7 Å². The second-order valence-corrected chi connectivity index (χ2v) is 5.54. The van der Waals surface area contributed by atoms with E-state index in [2.05, 4.69) is 19.2 Å². The lowest BCUT2D eigenvalue weighted by Gasteiger charge is -2.33. The SMILES string of the molecule is CNCC(C)(CCSC(F)(F)F)C(C)C. The average Bonchev–Trinajstić information content (AvgIpc) is 2.01. The summed E-state index contributed by atoms with van der Waals surface area (Å²) in [6.45, 7) is 6.89. The Bertz CT molecular complexity index is 182. The number of hydrogen-bond acceptors (Lipinski definition) is 2. The third kappa shape index (κ3) is 6.30. The van der Waals surface area contributed by atoms with Gasteiger partial charge in [0.05, 0.1) is 0 Å². The van der Waals surface area contributed by atoms with Crippen LogP contribution < -0.4 is 5.32 Å². The zero-order valence-corrected chi connectivity index (χ0v) is 10.6. The van der Waals surface area contributed by atoms with E-state index in [0.29, 0.717) is 12.3 Å². The minimum absolute atomic E-state index is 0.0625. The molecule has 0 aromatic rings. The molecule has 0 spiro atoms. The van der Waals surface area contributed by atoms with Gasteiger partial charge in [0.25, 0.3) is 0 Å². The van der Waals surface area contributed by atoms with Gasteiger partial charge in [0.2, 0.25) is 0 Å². The van der Waals surface area contributed by atoms with Crippen LogP contribution in [0.1, 0.15) is 27.2 Å². The molecule has 0 amide bonds. The molecule has 0 aromatic carbocycles. The van der Waals surface area contributed by atoms with Crippen LogP contribution in [-0.2, 0) is 0 Å². The van der Waals surface area contributed by atoms with Crippen LogP contribution in [0.4, 0.5) is 13.2 Å². The van der Waals surface area contributed by atoms with Gasteiger partial charge in [-0.3, -0.25) is 0 Å². The number of thioether (sulfide) groups is 1. The Morgan fingerprint density at radius 2 is 1.80 bits per heavy atom. The van der Waals surface area contributed by atoms with Crippen molar-refractivity contribution in [3.05, 3.63) is 0 Å². The van der Waals surface area contributed by atoms with E-state index in [0.717, 1.165) is 6.54 Å². The van der Waals surface area contributed by atoms with Crippen LogP contribution in [-0.4, -0.2) is 24.9 Å². The number of halogens is 3. The molecule has 1 N–H and O–H groups in total. The van der Waals surface area contributed by atoms with Gasteiger partial charge in [0, 0.05) is 12.3 Å². The predicted molar refractivity (Wildman–Crippen MR) is 60.0 cm³/mol. The summed E-state index contributed by atoms with van der Waals surface area (Å²) >= 11 is 0.0759. The Balaban J connectivity index is 4.08. The fraction of sp³-hybridized carbons (Fsp3) is 1.00. The van der Waals surface area contributed by atoms with E-state index in [1.807, 2.05) is 14.0 Å². The fourth-order valence-electron chi connectivity index (χ4n) is 1.38. The van der Waals surface area contributed by atoms with Gasteiger partial charge in [-0.05, 0) is 24.8 Å². The van der Waals surface area contributed by atoms with E-state index in [1.54, 1.807) is 0 Å². The third-order valence-corrected chi connectivity index (χ3v) is 3.65. The number of alkyl halides is 3. The van der Waals surface area contributed by atoms with Crippen molar-refractivity contribution in [3.8, 4) is 0 Å². The highest BCUT2D eigenvalue weighted by Crippen LogP contribution is 2.36. The molecule has 15 heavy (non-hydrogen) atoms. The van der Waals surface area contributed by atoms with Gasteiger partial charge in [-0.2, -0.15) is 13.2 Å². The van der Waals surface area contributed by atoms with Gasteiger partial charge >= 0.3 is 5.51 Å². The van der Waals surface area contributed by atoms with E-state index in [9.17, 15) is 13.2 Å². The summed E-state index contributed by atoms with van der Waals surface area (Å²) in [7, 11) is 1.83. The average molecular weight is 243 g/mol. The minimum Gasteiger partial charge on any atom is -0.319 e. The van der Waals surface area contributed by atoms with Gasteiger partial charge in [0.15, 0.2) is 0 Å². The Labute approximate surface area is 94.2 Å². The lowest BCUT2D eigenvalue weighted by Crippen LogP contribution is -2.35. The zero-order valence-electron chi connectivity index (χ0n) is 9.74. The van der Waals surface area contributed by atoms with Crippen molar-refractivity contribution in [3.63, 3.8) is 0 Å². The van der Waals surface area contributed by atoms with Crippen LogP contribution in [0.2, 0.25) is 0 Å². The molecule has 92 valence electrons. The number of rotatable bonds is 6. The molecule has 0 fully saturated rings. The molecule has 0 heterocycles. The van der Waals surface area contributed by atoms with Crippen LogP contribution in [0, 0.1) is 11.3 Å². The molecule has 0 aliphatic rings. The molecular weight excluding hydrogens is 223 g/mol. The van der Waals surface area contributed by atoms with E-state index < -0.39 is 5.51 Å². The Morgan fingerprint density at radius 3 is 2.13 bits per heavy atom. The molecular formula is C10H20F3NS. The molecule has 0 bridgehead atoms.